The van der Waals surface area contributed by atoms with Gasteiger partial charge in [0.15, 0.2) is 11.7 Å². The third kappa shape index (κ3) is 4.61. The summed E-state index contributed by atoms with van der Waals surface area (Å²) in [6, 6.07) is 0.0837. The van der Waals surface area contributed by atoms with Gasteiger partial charge in [0.1, 0.15) is 12.3 Å². The Labute approximate surface area is 146 Å². The zero-order valence-electron chi connectivity index (χ0n) is 14.2. The van der Waals surface area contributed by atoms with Crippen molar-refractivity contribution < 1.29 is 27.2 Å². The molecule has 0 bridgehead atoms. The standard InChI is InChI=1S/C15H18F3N5O3/c1-3-22(4-2)12(24)9-23-8-10(20-21-23)14(25)19-13(15(16,17)18)11-6-5-7-26-11/h5-8,13H,3-4,9H2,1-2H3,(H,19,25)/t13-/m1/s1. The molecular formula is C15H18F3N5O3. The summed E-state index contributed by atoms with van der Waals surface area (Å²) >= 11 is 0. The van der Waals surface area contributed by atoms with E-state index in [4.69, 9.17) is 4.42 Å². The van der Waals surface area contributed by atoms with E-state index in [-0.39, 0.29) is 18.1 Å². The largest absolute Gasteiger partial charge is 0.467 e. The number of hydrogen-bond acceptors (Lipinski definition) is 5. The number of carbonyl (C=O) groups excluding carboxylic acids is 2. The summed E-state index contributed by atoms with van der Waals surface area (Å²) in [5.74, 6) is -1.77. The molecule has 1 N–H and O–H groups in total. The zero-order chi connectivity index (χ0) is 19.3. The lowest BCUT2D eigenvalue weighted by Crippen LogP contribution is -2.38. The van der Waals surface area contributed by atoms with Crippen molar-refractivity contribution in [3.8, 4) is 0 Å². The van der Waals surface area contributed by atoms with Crippen molar-refractivity contribution >= 4 is 11.8 Å². The average Bonchev–Trinajstić information content (AvgIpc) is 3.24. The van der Waals surface area contributed by atoms with Crippen LogP contribution in [0.5, 0.6) is 0 Å². The zero-order valence-corrected chi connectivity index (χ0v) is 14.2. The smallest absolute Gasteiger partial charge is 0.415 e. The van der Waals surface area contributed by atoms with Gasteiger partial charge in [0, 0.05) is 13.1 Å². The van der Waals surface area contributed by atoms with Crippen LogP contribution in [-0.2, 0) is 11.3 Å². The van der Waals surface area contributed by atoms with Gasteiger partial charge in [-0.15, -0.1) is 5.10 Å². The van der Waals surface area contributed by atoms with Crippen molar-refractivity contribution in [3.05, 3.63) is 36.0 Å². The number of halogens is 3. The Bertz CT molecular complexity index is 738. The lowest BCUT2D eigenvalue weighted by molar-refractivity contribution is -0.159. The Morgan fingerprint density at radius 3 is 2.58 bits per heavy atom. The van der Waals surface area contributed by atoms with Crippen LogP contribution in [0.3, 0.4) is 0 Å². The molecule has 8 nitrogen and oxygen atoms in total. The predicted octanol–water partition coefficient (Wildman–Crippen LogP) is 1.77. The van der Waals surface area contributed by atoms with Crippen LogP contribution in [0.4, 0.5) is 13.2 Å². The van der Waals surface area contributed by atoms with Crippen LogP contribution in [-0.4, -0.2) is 51.0 Å². The number of aromatic nitrogens is 3. The molecule has 0 spiro atoms. The number of alkyl halides is 3. The van der Waals surface area contributed by atoms with E-state index in [2.05, 4.69) is 10.3 Å². The second-order valence-corrected chi connectivity index (χ2v) is 5.33. The number of likely N-dealkylation sites (N-methyl/N-ethyl adjacent to an activating group) is 1. The molecule has 0 fully saturated rings. The summed E-state index contributed by atoms with van der Waals surface area (Å²) in [5.41, 5.74) is -0.335. The molecule has 142 valence electrons. The maximum Gasteiger partial charge on any atom is 0.415 e. The van der Waals surface area contributed by atoms with E-state index in [1.54, 1.807) is 4.90 Å². The highest BCUT2D eigenvalue weighted by molar-refractivity contribution is 5.92. The summed E-state index contributed by atoms with van der Waals surface area (Å²) in [7, 11) is 0. The molecule has 2 rings (SSSR count). The van der Waals surface area contributed by atoms with Gasteiger partial charge >= 0.3 is 6.18 Å². The van der Waals surface area contributed by atoms with Gasteiger partial charge in [-0.2, -0.15) is 13.2 Å². The molecule has 0 aliphatic carbocycles. The maximum absolute atomic E-state index is 13.1. The molecule has 2 aromatic heterocycles. The van der Waals surface area contributed by atoms with E-state index < -0.39 is 23.9 Å². The highest BCUT2D eigenvalue weighted by Gasteiger charge is 2.44. The lowest BCUT2D eigenvalue weighted by Gasteiger charge is -2.19. The van der Waals surface area contributed by atoms with Gasteiger partial charge in [0.2, 0.25) is 5.91 Å². The van der Waals surface area contributed by atoms with Gasteiger partial charge in [0.05, 0.1) is 12.5 Å². The van der Waals surface area contributed by atoms with Crippen LogP contribution < -0.4 is 5.32 Å². The molecule has 0 radical (unpaired) electrons. The minimum Gasteiger partial charge on any atom is -0.467 e. The van der Waals surface area contributed by atoms with Gasteiger partial charge in [-0.25, -0.2) is 4.68 Å². The summed E-state index contributed by atoms with van der Waals surface area (Å²) in [6.07, 6.45) is -2.55. The summed E-state index contributed by atoms with van der Waals surface area (Å²) in [4.78, 5) is 25.6. The van der Waals surface area contributed by atoms with Crippen molar-refractivity contribution in [1.29, 1.82) is 0 Å². The predicted molar refractivity (Wildman–Crippen MR) is 82.9 cm³/mol. The molecule has 11 heteroatoms. The molecule has 26 heavy (non-hydrogen) atoms. The van der Waals surface area contributed by atoms with Crippen LogP contribution in [0.1, 0.15) is 36.1 Å². The summed E-state index contributed by atoms with van der Waals surface area (Å²) in [6.45, 7) is 4.48. The molecule has 2 heterocycles. The van der Waals surface area contributed by atoms with Crippen molar-refractivity contribution in [1.82, 2.24) is 25.2 Å². The second-order valence-electron chi connectivity index (χ2n) is 5.33. The first kappa shape index (κ1) is 19.5. The molecule has 0 unspecified atom stereocenters. The topological polar surface area (TPSA) is 93.3 Å². The fourth-order valence-corrected chi connectivity index (χ4v) is 2.27. The second kappa shape index (κ2) is 8.02. The van der Waals surface area contributed by atoms with Gasteiger partial charge in [-0.3, -0.25) is 9.59 Å². The number of hydrogen-bond donors (Lipinski definition) is 1. The first-order chi connectivity index (χ1) is 12.3. The van der Waals surface area contributed by atoms with Crippen LogP contribution >= 0.6 is 0 Å². The Kier molecular flexibility index (Phi) is 6.01. The van der Waals surface area contributed by atoms with Crippen molar-refractivity contribution in [2.45, 2.75) is 32.6 Å². The third-order valence-corrected chi connectivity index (χ3v) is 3.62. The van der Waals surface area contributed by atoms with Crippen LogP contribution in [0.15, 0.2) is 29.0 Å². The molecule has 2 aromatic rings. The minimum atomic E-state index is -4.75. The molecule has 0 aliphatic heterocycles. The van der Waals surface area contributed by atoms with Gasteiger partial charge in [0.25, 0.3) is 5.91 Å². The maximum atomic E-state index is 13.1. The Morgan fingerprint density at radius 2 is 2.04 bits per heavy atom. The number of amides is 2. The van der Waals surface area contributed by atoms with Crippen molar-refractivity contribution in [2.24, 2.45) is 0 Å². The van der Waals surface area contributed by atoms with E-state index >= 15 is 0 Å². The van der Waals surface area contributed by atoms with Gasteiger partial charge in [-0.1, -0.05) is 5.21 Å². The normalized spacial score (nSPS) is 12.7. The Balaban J connectivity index is 2.08. The van der Waals surface area contributed by atoms with Crippen molar-refractivity contribution in [3.63, 3.8) is 0 Å². The molecule has 2 amide bonds. The van der Waals surface area contributed by atoms with E-state index in [1.807, 2.05) is 19.2 Å². The molecule has 0 saturated heterocycles. The minimum absolute atomic E-state index is 0.164. The van der Waals surface area contributed by atoms with Crippen LogP contribution in [0.2, 0.25) is 0 Å². The first-order valence-electron chi connectivity index (χ1n) is 7.85. The number of rotatable bonds is 7. The quantitative estimate of drug-likeness (QED) is 0.798. The molecule has 1 atom stereocenters. The molecule has 0 saturated carbocycles. The Morgan fingerprint density at radius 1 is 1.35 bits per heavy atom. The molecule has 0 aliphatic rings. The van der Waals surface area contributed by atoms with Gasteiger partial charge < -0.3 is 14.6 Å². The van der Waals surface area contributed by atoms with E-state index in [0.717, 1.165) is 23.2 Å². The summed E-state index contributed by atoms with van der Waals surface area (Å²) < 4.78 is 45.3. The average molecular weight is 373 g/mol. The SMILES string of the molecule is CCN(CC)C(=O)Cn1cc(C(=O)N[C@H](c2ccco2)C(F)(F)F)nn1. The number of nitrogens with one attached hydrogen (secondary N) is 1. The van der Waals surface area contributed by atoms with Crippen LogP contribution in [0.25, 0.3) is 0 Å². The summed E-state index contributed by atoms with van der Waals surface area (Å²) in [5, 5.41) is 8.96. The highest BCUT2D eigenvalue weighted by Crippen LogP contribution is 2.33. The fraction of sp³-hybridized carbons (Fsp3) is 0.467. The molecule has 0 aromatic carbocycles. The lowest BCUT2D eigenvalue weighted by atomic mass is 10.2. The van der Waals surface area contributed by atoms with Crippen LogP contribution in [0, 0.1) is 0 Å². The fourth-order valence-electron chi connectivity index (χ4n) is 2.27. The number of nitrogens with zero attached hydrogens (tertiary/aromatic N) is 4. The van der Waals surface area contributed by atoms with E-state index in [0.29, 0.717) is 13.1 Å². The highest BCUT2D eigenvalue weighted by atomic mass is 19.4. The van der Waals surface area contributed by atoms with E-state index in [1.165, 1.54) is 6.07 Å². The van der Waals surface area contributed by atoms with E-state index in [9.17, 15) is 22.8 Å². The monoisotopic (exact) mass is 373 g/mol. The molecular weight excluding hydrogens is 355 g/mol. The van der Waals surface area contributed by atoms with Crippen molar-refractivity contribution in [2.75, 3.05) is 13.1 Å². The number of carbonyl (C=O) groups is 2. The first-order valence-corrected chi connectivity index (χ1v) is 7.85. The number of furan rings is 1. The van der Waals surface area contributed by atoms with Gasteiger partial charge in [-0.05, 0) is 26.0 Å². The Hall–Kier alpha value is -2.85. The third-order valence-electron chi connectivity index (χ3n) is 3.62.